The monoisotopic (exact) mass is 257 g/mol. The van der Waals surface area contributed by atoms with E-state index in [2.05, 4.69) is 33.7 Å². The van der Waals surface area contributed by atoms with Crippen molar-refractivity contribution >= 4 is 11.6 Å². The van der Waals surface area contributed by atoms with Gasteiger partial charge in [0.05, 0.1) is 6.67 Å². The lowest BCUT2D eigenvalue weighted by atomic mass is 10.1. The summed E-state index contributed by atoms with van der Waals surface area (Å²) in [5.41, 5.74) is 3.48. The van der Waals surface area contributed by atoms with Crippen LogP contribution in [0, 0.1) is 0 Å². The van der Waals surface area contributed by atoms with Crippen LogP contribution in [0.4, 0.5) is 5.69 Å². The van der Waals surface area contributed by atoms with E-state index in [1.54, 1.807) is 0 Å². The minimum Gasteiger partial charge on any atom is -0.391 e. The van der Waals surface area contributed by atoms with Crippen molar-refractivity contribution in [1.29, 1.82) is 0 Å². The summed E-state index contributed by atoms with van der Waals surface area (Å²) in [6, 6.07) is 8.40. The second kappa shape index (κ2) is 5.34. The standard InChI is InChI=1S/C15H19N3O/c19-15(13-5-3-8-16-10-13)17-11-18-9-7-12-4-1-2-6-14(12)18/h1-2,4,6,10,16H,3,5,7-9,11H2,(H,17,19). The molecule has 2 N–H and O–H groups in total. The number of benzene rings is 1. The number of hydrogen-bond donors (Lipinski definition) is 2. The van der Waals surface area contributed by atoms with Gasteiger partial charge in [-0.15, -0.1) is 0 Å². The maximum absolute atomic E-state index is 12.0. The molecule has 2 aliphatic heterocycles. The quantitative estimate of drug-likeness (QED) is 0.860. The van der Waals surface area contributed by atoms with Gasteiger partial charge >= 0.3 is 0 Å². The van der Waals surface area contributed by atoms with Crippen LogP contribution in [-0.4, -0.2) is 25.7 Å². The second-order valence-corrected chi connectivity index (χ2v) is 5.03. The zero-order chi connectivity index (χ0) is 13.1. The van der Waals surface area contributed by atoms with Crippen LogP contribution in [-0.2, 0) is 11.2 Å². The van der Waals surface area contributed by atoms with Gasteiger partial charge in [0.25, 0.3) is 0 Å². The number of nitrogens with one attached hydrogen (secondary N) is 2. The smallest absolute Gasteiger partial charge is 0.250 e. The Hall–Kier alpha value is -1.97. The zero-order valence-electron chi connectivity index (χ0n) is 11.0. The molecule has 4 heteroatoms. The van der Waals surface area contributed by atoms with Gasteiger partial charge in [-0.2, -0.15) is 0 Å². The second-order valence-electron chi connectivity index (χ2n) is 5.03. The number of nitrogens with zero attached hydrogens (tertiary/aromatic N) is 1. The number of carbonyl (C=O) groups excluding carboxylic acids is 1. The number of carbonyl (C=O) groups is 1. The fourth-order valence-electron chi connectivity index (χ4n) is 2.68. The molecule has 2 heterocycles. The summed E-state index contributed by atoms with van der Waals surface area (Å²) in [4.78, 5) is 14.2. The Morgan fingerprint density at radius 3 is 3.05 bits per heavy atom. The van der Waals surface area contributed by atoms with E-state index in [4.69, 9.17) is 0 Å². The van der Waals surface area contributed by atoms with Gasteiger partial charge in [0.2, 0.25) is 5.91 Å². The van der Waals surface area contributed by atoms with Crippen LogP contribution in [0.1, 0.15) is 18.4 Å². The topological polar surface area (TPSA) is 44.4 Å². The van der Waals surface area contributed by atoms with Crippen molar-refractivity contribution in [2.24, 2.45) is 0 Å². The van der Waals surface area contributed by atoms with Crippen LogP contribution < -0.4 is 15.5 Å². The molecule has 2 aliphatic rings. The van der Waals surface area contributed by atoms with E-state index >= 15 is 0 Å². The average Bonchev–Trinajstić information content (AvgIpc) is 2.89. The van der Waals surface area contributed by atoms with Gasteiger partial charge in [-0.25, -0.2) is 0 Å². The molecule has 4 nitrogen and oxygen atoms in total. The molecule has 0 saturated heterocycles. The van der Waals surface area contributed by atoms with Gasteiger partial charge in [0.15, 0.2) is 0 Å². The molecular weight excluding hydrogens is 238 g/mol. The molecule has 1 amide bonds. The van der Waals surface area contributed by atoms with Crippen LogP contribution in [0.2, 0.25) is 0 Å². The Labute approximate surface area is 113 Å². The van der Waals surface area contributed by atoms with Gasteiger partial charge < -0.3 is 15.5 Å². The summed E-state index contributed by atoms with van der Waals surface area (Å²) in [5.74, 6) is 0.0524. The molecule has 0 spiro atoms. The summed E-state index contributed by atoms with van der Waals surface area (Å²) in [6.07, 6.45) is 4.81. The van der Waals surface area contributed by atoms with Crippen LogP contribution in [0.5, 0.6) is 0 Å². The third kappa shape index (κ3) is 2.57. The van der Waals surface area contributed by atoms with Crippen molar-refractivity contribution in [3.05, 3.63) is 41.6 Å². The van der Waals surface area contributed by atoms with E-state index in [1.807, 2.05) is 12.3 Å². The molecule has 0 aromatic heterocycles. The summed E-state index contributed by atoms with van der Waals surface area (Å²) in [5, 5.41) is 6.14. The predicted octanol–water partition coefficient (Wildman–Crippen LogP) is 1.39. The SMILES string of the molecule is O=C(NCN1CCc2ccccc21)C1=CNCCC1. The van der Waals surface area contributed by atoms with Crippen LogP contribution in [0.25, 0.3) is 0 Å². The highest BCUT2D eigenvalue weighted by molar-refractivity contribution is 5.93. The third-order valence-electron chi connectivity index (χ3n) is 3.75. The van der Waals surface area contributed by atoms with Crippen molar-refractivity contribution in [2.75, 3.05) is 24.7 Å². The molecule has 0 fully saturated rings. The maximum Gasteiger partial charge on any atom is 0.250 e. The minimum absolute atomic E-state index is 0.0524. The van der Waals surface area contributed by atoms with Crippen LogP contribution in [0.3, 0.4) is 0 Å². The summed E-state index contributed by atoms with van der Waals surface area (Å²) in [7, 11) is 0. The first-order valence-corrected chi connectivity index (χ1v) is 6.88. The lowest BCUT2D eigenvalue weighted by molar-refractivity contribution is -0.117. The summed E-state index contributed by atoms with van der Waals surface area (Å²) in [6.45, 7) is 2.54. The molecule has 0 atom stereocenters. The number of para-hydroxylation sites is 1. The van der Waals surface area contributed by atoms with Crippen molar-refractivity contribution < 1.29 is 4.79 Å². The van der Waals surface area contributed by atoms with E-state index in [0.717, 1.165) is 37.9 Å². The van der Waals surface area contributed by atoms with Gasteiger partial charge in [0, 0.05) is 30.5 Å². The first-order valence-electron chi connectivity index (χ1n) is 6.88. The minimum atomic E-state index is 0.0524. The molecule has 19 heavy (non-hydrogen) atoms. The van der Waals surface area contributed by atoms with E-state index in [-0.39, 0.29) is 5.91 Å². The number of rotatable bonds is 3. The van der Waals surface area contributed by atoms with Crippen molar-refractivity contribution in [2.45, 2.75) is 19.3 Å². The Balaban J connectivity index is 1.59. The highest BCUT2D eigenvalue weighted by Gasteiger charge is 2.19. The molecular formula is C15H19N3O. The zero-order valence-corrected chi connectivity index (χ0v) is 11.0. The van der Waals surface area contributed by atoms with Crippen LogP contribution >= 0.6 is 0 Å². The van der Waals surface area contributed by atoms with Crippen molar-refractivity contribution in [3.63, 3.8) is 0 Å². The molecule has 0 radical (unpaired) electrons. The fraction of sp³-hybridized carbons (Fsp3) is 0.400. The molecule has 1 aromatic rings. The van der Waals surface area contributed by atoms with E-state index < -0.39 is 0 Å². The van der Waals surface area contributed by atoms with Gasteiger partial charge in [-0.1, -0.05) is 18.2 Å². The number of hydrogen-bond acceptors (Lipinski definition) is 3. The maximum atomic E-state index is 12.0. The molecule has 0 bridgehead atoms. The first-order chi connectivity index (χ1) is 9.34. The van der Waals surface area contributed by atoms with E-state index in [9.17, 15) is 4.79 Å². The lowest BCUT2D eigenvalue weighted by Gasteiger charge is -2.21. The molecule has 0 aliphatic carbocycles. The lowest BCUT2D eigenvalue weighted by Crippen LogP contribution is -2.38. The van der Waals surface area contributed by atoms with Crippen LogP contribution in [0.15, 0.2) is 36.0 Å². The molecule has 3 rings (SSSR count). The van der Waals surface area contributed by atoms with Crippen molar-refractivity contribution in [1.82, 2.24) is 10.6 Å². The summed E-state index contributed by atoms with van der Waals surface area (Å²) >= 11 is 0. The predicted molar refractivity (Wildman–Crippen MR) is 75.8 cm³/mol. The van der Waals surface area contributed by atoms with Gasteiger partial charge in [-0.3, -0.25) is 4.79 Å². The fourth-order valence-corrected chi connectivity index (χ4v) is 2.68. The summed E-state index contributed by atoms with van der Waals surface area (Å²) < 4.78 is 0. The first kappa shape index (κ1) is 12.1. The number of amides is 1. The normalized spacial score (nSPS) is 17.5. The molecule has 0 saturated carbocycles. The Kier molecular flexibility index (Phi) is 3.40. The molecule has 0 unspecified atom stereocenters. The Morgan fingerprint density at radius 1 is 1.32 bits per heavy atom. The third-order valence-corrected chi connectivity index (χ3v) is 3.75. The Bertz CT molecular complexity index is 510. The van der Waals surface area contributed by atoms with E-state index in [0.29, 0.717) is 6.67 Å². The Morgan fingerprint density at radius 2 is 2.21 bits per heavy atom. The highest BCUT2D eigenvalue weighted by Crippen LogP contribution is 2.26. The highest BCUT2D eigenvalue weighted by atomic mass is 16.1. The largest absolute Gasteiger partial charge is 0.391 e. The van der Waals surface area contributed by atoms with E-state index in [1.165, 1.54) is 11.3 Å². The number of fused-ring (bicyclic) bond motifs is 1. The van der Waals surface area contributed by atoms with Gasteiger partial charge in [0.1, 0.15) is 0 Å². The molecule has 100 valence electrons. The average molecular weight is 257 g/mol. The molecule has 1 aromatic carbocycles. The van der Waals surface area contributed by atoms with Gasteiger partial charge in [-0.05, 0) is 30.9 Å². The van der Waals surface area contributed by atoms with Crippen molar-refractivity contribution in [3.8, 4) is 0 Å². The number of anilines is 1.